The normalized spacial score (nSPS) is 19.9. The Hall–Kier alpha value is -2.15. The molecule has 1 saturated carbocycles. The van der Waals surface area contributed by atoms with Crippen molar-refractivity contribution in [1.29, 1.82) is 0 Å². The van der Waals surface area contributed by atoms with Crippen molar-refractivity contribution in [3.8, 4) is 0 Å². The minimum atomic E-state index is -0.131. The minimum absolute atomic E-state index is 0.131. The van der Waals surface area contributed by atoms with Crippen molar-refractivity contribution in [3.63, 3.8) is 0 Å². The van der Waals surface area contributed by atoms with Gasteiger partial charge in [-0.15, -0.1) is 11.3 Å². The Labute approximate surface area is 145 Å². The van der Waals surface area contributed by atoms with Gasteiger partial charge in [-0.25, -0.2) is 9.37 Å². The molecular formula is C17H22FN5S. The Morgan fingerprint density at radius 2 is 2.21 bits per heavy atom. The summed E-state index contributed by atoms with van der Waals surface area (Å²) in [5.41, 5.74) is 1.76. The molecule has 5 nitrogen and oxygen atoms in total. The van der Waals surface area contributed by atoms with Crippen molar-refractivity contribution in [2.75, 3.05) is 26.0 Å². The molecule has 0 bridgehead atoms. The van der Waals surface area contributed by atoms with E-state index < -0.39 is 0 Å². The van der Waals surface area contributed by atoms with Gasteiger partial charge in [0.05, 0.1) is 12.2 Å². The van der Waals surface area contributed by atoms with Gasteiger partial charge in [0.15, 0.2) is 11.1 Å². The molecular weight excluding hydrogens is 325 g/mol. The predicted molar refractivity (Wildman–Crippen MR) is 97.3 cm³/mol. The van der Waals surface area contributed by atoms with Gasteiger partial charge in [0.2, 0.25) is 0 Å². The molecule has 0 radical (unpaired) electrons. The van der Waals surface area contributed by atoms with Crippen LogP contribution in [-0.2, 0) is 6.54 Å². The summed E-state index contributed by atoms with van der Waals surface area (Å²) in [6.07, 6.45) is 0.920. The first kappa shape index (κ1) is 16.7. The first-order valence-electron chi connectivity index (χ1n) is 7.92. The van der Waals surface area contributed by atoms with Crippen LogP contribution in [0.15, 0.2) is 34.6 Å². The number of guanidine groups is 1. The highest BCUT2D eigenvalue weighted by molar-refractivity contribution is 7.13. The molecule has 1 aliphatic rings. The Morgan fingerprint density at radius 3 is 2.88 bits per heavy atom. The number of aliphatic imine (C=N–C) groups is 1. The average Bonchev–Trinajstić information content (AvgIpc) is 3.15. The first-order chi connectivity index (χ1) is 11.6. The van der Waals surface area contributed by atoms with E-state index >= 15 is 0 Å². The highest BCUT2D eigenvalue weighted by Crippen LogP contribution is 2.41. The average molecular weight is 347 g/mol. The molecule has 0 amide bonds. The monoisotopic (exact) mass is 347 g/mol. The zero-order chi connectivity index (χ0) is 17.1. The van der Waals surface area contributed by atoms with Crippen LogP contribution < -0.4 is 15.5 Å². The van der Waals surface area contributed by atoms with Crippen LogP contribution in [0.4, 0.5) is 9.52 Å². The number of hydrogen-bond donors (Lipinski definition) is 2. The van der Waals surface area contributed by atoms with Crippen molar-refractivity contribution in [2.45, 2.75) is 24.9 Å². The molecule has 7 heteroatoms. The van der Waals surface area contributed by atoms with Crippen LogP contribution in [0.25, 0.3) is 0 Å². The fraction of sp³-hybridized carbons (Fsp3) is 0.412. The zero-order valence-corrected chi connectivity index (χ0v) is 14.9. The lowest BCUT2D eigenvalue weighted by Crippen LogP contribution is -2.38. The fourth-order valence-corrected chi connectivity index (χ4v) is 3.36. The molecule has 2 aromatic rings. The molecule has 2 atom stereocenters. The maximum absolute atomic E-state index is 13.8. The quantitative estimate of drug-likeness (QED) is 0.645. The molecule has 0 spiro atoms. The van der Waals surface area contributed by atoms with E-state index in [0.29, 0.717) is 6.54 Å². The summed E-state index contributed by atoms with van der Waals surface area (Å²) >= 11 is 1.62. The van der Waals surface area contributed by atoms with E-state index in [-0.39, 0.29) is 17.8 Å². The number of nitrogens with zero attached hydrogens (tertiary/aromatic N) is 3. The number of anilines is 1. The molecule has 1 aromatic heterocycles. The Kier molecular flexibility index (Phi) is 4.99. The Balaban J connectivity index is 1.52. The standard InChI is InChI=1S/C17H22FN5S/c1-19-16(20-9-11-10-24-17(21-11)23(2)3)22-15-8-13(15)12-6-4-5-7-14(12)18/h4-7,10,13,15H,8-9H2,1-3H3,(H2,19,20,22). The predicted octanol–water partition coefficient (Wildman–Crippen LogP) is 2.57. The number of aromatic nitrogens is 1. The van der Waals surface area contributed by atoms with Crippen molar-refractivity contribution in [1.82, 2.24) is 15.6 Å². The maximum atomic E-state index is 13.8. The molecule has 2 unspecified atom stereocenters. The van der Waals surface area contributed by atoms with Crippen molar-refractivity contribution >= 4 is 22.4 Å². The molecule has 24 heavy (non-hydrogen) atoms. The van der Waals surface area contributed by atoms with Gasteiger partial charge in [0.1, 0.15) is 5.82 Å². The molecule has 0 saturated heterocycles. The molecule has 1 heterocycles. The smallest absolute Gasteiger partial charge is 0.191 e. The summed E-state index contributed by atoms with van der Waals surface area (Å²) in [5.74, 6) is 0.802. The number of halogens is 1. The summed E-state index contributed by atoms with van der Waals surface area (Å²) in [4.78, 5) is 10.8. The van der Waals surface area contributed by atoms with Gasteiger partial charge in [-0.3, -0.25) is 4.99 Å². The molecule has 2 N–H and O–H groups in total. The topological polar surface area (TPSA) is 52.6 Å². The highest BCUT2D eigenvalue weighted by atomic mass is 32.1. The number of rotatable bonds is 5. The van der Waals surface area contributed by atoms with Gasteiger partial charge in [-0.05, 0) is 18.1 Å². The largest absolute Gasteiger partial charge is 0.354 e. The van der Waals surface area contributed by atoms with Crippen LogP contribution in [0.1, 0.15) is 23.6 Å². The second-order valence-corrected chi connectivity index (χ2v) is 6.89. The van der Waals surface area contributed by atoms with Crippen LogP contribution in [0.2, 0.25) is 0 Å². The molecule has 1 aromatic carbocycles. The lowest BCUT2D eigenvalue weighted by Gasteiger charge is -2.11. The van der Waals surface area contributed by atoms with Gasteiger partial charge in [-0.2, -0.15) is 0 Å². The molecule has 128 valence electrons. The summed E-state index contributed by atoms with van der Waals surface area (Å²) < 4.78 is 13.8. The second kappa shape index (κ2) is 7.17. The minimum Gasteiger partial charge on any atom is -0.354 e. The van der Waals surface area contributed by atoms with Gasteiger partial charge in [0.25, 0.3) is 0 Å². The van der Waals surface area contributed by atoms with E-state index in [4.69, 9.17) is 0 Å². The van der Waals surface area contributed by atoms with Crippen molar-refractivity contribution in [2.24, 2.45) is 4.99 Å². The Morgan fingerprint density at radius 1 is 1.42 bits per heavy atom. The number of thiazole rings is 1. The second-order valence-electron chi connectivity index (χ2n) is 6.06. The van der Waals surface area contributed by atoms with E-state index in [2.05, 4.69) is 20.6 Å². The van der Waals surface area contributed by atoms with Crippen molar-refractivity contribution < 1.29 is 4.39 Å². The highest BCUT2D eigenvalue weighted by Gasteiger charge is 2.40. The lowest BCUT2D eigenvalue weighted by molar-refractivity contribution is 0.607. The third kappa shape index (κ3) is 3.84. The van der Waals surface area contributed by atoms with E-state index in [1.165, 1.54) is 6.07 Å². The van der Waals surface area contributed by atoms with Crippen LogP contribution in [0.3, 0.4) is 0 Å². The fourth-order valence-electron chi connectivity index (χ4n) is 2.60. The van der Waals surface area contributed by atoms with Crippen molar-refractivity contribution in [3.05, 3.63) is 46.7 Å². The lowest BCUT2D eigenvalue weighted by atomic mass is 10.1. The van der Waals surface area contributed by atoms with Crippen LogP contribution in [-0.4, -0.2) is 38.1 Å². The molecule has 3 rings (SSSR count). The molecule has 1 fully saturated rings. The van der Waals surface area contributed by atoms with Gasteiger partial charge < -0.3 is 15.5 Å². The SMILES string of the molecule is CN=C(NCc1csc(N(C)C)n1)NC1CC1c1ccccc1F. The van der Waals surface area contributed by atoms with E-state index in [1.807, 2.05) is 36.5 Å². The number of hydrogen-bond acceptors (Lipinski definition) is 4. The summed E-state index contributed by atoms with van der Waals surface area (Å²) in [7, 11) is 5.70. The van der Waals surface area contributed by atoms with E-state index in [1.54, 1.807) is 24.5 Å². The van der Waals surface area contributed by atoms with Gasteiger partial charge >= 0.3 is 0 Å². The third-order valence-electron chi connectivity index (χ3n) is 4.00. The van der Waals surface area contributed by atoms with Crippen LogP contribution in [0, 0.1) is 5.82 Å². The third-order valence-corrected chi connectivity index (χ3v) is 5.06. The van der Waals surface area contributed by atoms with E-state index in [0.717, 1.165) is 28.8 Å². The first-order valence-corrected chi connectivity index (χ1v) is 8.79. The zero-order valence-electron chi connectivity index (χ0n) is 14.1. The summed E-state index contributed by atoms with van der Waals surface area (Å²) in [6, 6.07) is 7.20. The van der Waals surface area contributed by atoms with E-state index in [9.17, 15) is 4.39 Å². The van der Waals surface area contributed by atoms with Crippen LogP contribution in [0.5, 0.6) is 0 Å². The molecule has 1 aliphatic carbocycles. The van der Waals surface area contributed by atoms with Gasteiger partial charge in [-0.1, -0.05) is 18.2 Å². The van der Waals surface area contributed by atoms with Gasteiger partial charge in [0, 0.05) is 38.5 Å². The molecule has 0 aliphatic heterocycles. The van der Waals surface area contributed by atoms with Crippen LogP contribution >= 0.6 is 11.3 Å². The summed E-state index contributed by atoms with van der Waals surface area (Å²) in [5, 5.41) is 9.64. The number of benzene rings is 1. The Bertz CT molecular complexity index is 727. The number of nitrogens with one attached hydrogen (secondary N) is 2. The summed E-state index contributed by atoms with van der Waals surface area (Å²) in [6.45, 7) is 0.612. The maximum Gasteiger partial charge on any atom is 0.191 e.